The molecule has 2 aromatic rings. The highest BCUT2D eigenvalue weighted by molar-refractivity contribution is 7.89. The molecule has 0 bridgehead atoms. The summed E-state index contributed by atoms with van der Waals surface area (Å²) < 4.78 is 32.1. The number of nitrogens with zero attached hydrogens (tertiary/aromatic N) is 1. The summed E-state index contributed by atoms with van der Waals surface area (Å²) in [6.45, 7) is 0.555. The van der Waals surface area contributed by atoms with Gasteiger partial charge in [0.15, 0.2) is 6.61 Å². The van der Waals surface area contributed by atoms with E-state index >= 15 is 0 Å². The Balaban J connectivity index is 1.56. The van der Waals surface area contributed by atoms with Crippen LogP contribution in [0.2, 0.25) is 5.02 Å². The molecule has 1 fully saturated rings. The quantitative estimate of drug-likeness (QED) is 0.677. The van der Waals surface area contributed by atoms with E-state index in [9.17, 15) is 18.0 Å². The maximum absolute atomic E-state index is 12.8. The number of amides is 1. The Kier molecular flexibility index (Phi) is 7.47. The van der Waals surface area contributed by atoms with Crippen LogP contribution in [0.3, 0.4) is 0 Å². The lowest BCUT2D eigenvalue weighted by atomic mass is 10.2. The number of halogens is 1. The highest BCUT2D eigenvalue weighted by Gasteiger charge is 2.25. The number of carbonyl (C=O) groups is 2. The number of carbonyl (C=O) groups excluding carboxylic acids is 2. The Labute approximate surface area is 181 Å². The van der Waals surface area contributed by atoms with Crippen molar-refractivity contribution in [2.24, 2.45) is 0 Å². The predicted octanol–water partition coefficient (Wildman–Crippen LogP) is 3.70. The van der Waals surface area contributed by atoms with Crippen LogP contribution >= 0.6 is 11.6 Å². The minimum absolute atomic E-state index is 0.140. The Morgan fingerprint density at radius 1 is 0.933 bits per heavy atom. The van der Waals surface area contributed by atoms with Crippen LogP contribution in [0.25, 0.3) is 0 Å². The minimum Gasteiger partial charge on any atom is -0.452 e. The van der Waals surface area contributed by atoms with Gasteiger partial charge in [-0.1, -0.05) is 24.4 Å². The summed E-state index contributed by atoms with van der Waals surface area (Å²) in [7, 11) is -3.58. The molecule has 0 unspecified atom stereocenters. The van der Waals surface area contributed by atoms with Crippen molar-refractivity contribution in [2.45, 2.75) is 30.6 Å². The molecule has 0 aliphatic carbocycles. The number of hydrogen-bond acceptors (Lipinski definition) is 5. The minimum atomic E-state index is -3.58. The van der Waals surface area contributed by atoms with Crippen LogP contribution in [-0.4, -0.2) is 44.3 Å². The Bertz CT molecular complexity index is 983. The van der Waals surface area contributed by atoms with Gasteiger partial charge in [0, 0.05) is 23.8 Å². The van der Waals surface area contributed by atoms with Crippen molar-refractivity contribution in [1.82, 2.24) is 4.31 Å². The van der Waals surface area contributed by atoms with Crippen LogP contribution in [0.5, 0.6) is 0 Å². The molecule has 30 heavy (non-hydrogen) atoms. The zero-order valence-corrected chi connectivity index (χ0v) is 17.9. The van der Waals surface area contributed by atoms with E-state index in [1.165, 1.54) is 28.6 Å². The van der Waals surface area contributed by atoms with E-state index in [-0.39, 0.29) is 10.5 Å². The van der Waals surface area contributed by atoms with Crippen molar-refractivity contribution in [2.75, 3.05) is 25.0 Å². The first kappa shape index (κ1) is 22.3. The summed E-state index contributed by atoms with van der Waals surface area (Å²) in [6.07, 6.45) is 3.76. The number of hydrogen-bond donors (Lipinski definition) is 1. The van der Waals surface area contributed by atoms with E-state index in [4.69, 9.17) is 16.3 Å². The largest absolute Gasteiger partial charge is 0.452 e. The second-order valence-corrected chi connectivity index (χ2v) is 9.35. The maximum Gasteiger partial charge on any atom is 0.338 e. The summed E-state index contributed by atoms with van der Waals surface area (Å²) in [4.78, 5) is 24.2. The smallest absolute Gasteiger partial charge is 0.338 e. The monoisotopic (exact) mass is 450 g/mol. The molecule has 1 N–H and O–H groups in total. The molecule has 9 heteroatoms. The van der Waals surface area contributed by atoms with E-state index in [0.717, 1.165) is 25.7 Å². The van der Waals surface area contributed by atoms with E-state index < -0.39 is 28.5 Å². The molecule has 0 atom stereocenters. The van der Waals surface area contributed by atoms with Gasteiger partial charge in [-0.3, -0.25) is 4.79 Å². The molecule has 2 aromatic carbocycles. The molecule has 0 saturated carbocycles. The van der Waals surface area contributed by atoms with Gasteiger partial charge < -0.3 is 10.1 Å². The summed E-state index contributed by atoms with van der Waals surface area (Å²) >= 11 is 5.79. The molecule has 1 aliphatic heterocycles. The SMILES string of the molecule is O=C(COC(=O)c1ccc(S(=O)(=O)N2CCCCCC2)cc1)Nc1ccc(Cl)cc1. The number of rotatable bonds is 6. The van der Waals surface area contributed by atoms with Gasteiger partial charge in [0.05, 0.1) is 10.5 Å². The summed E-state index contributed by atoms with van der Waals surface area (Å²) in [6, 6.07) is 12.1. The molecule has 160 valence electrons. The predicted molar refractivity (Wildman–Crippen MR) is 114 cm³/mol. The first-order valence-corrected chi connectivity index (χ1v) is 11.5. The standard InChI is InChI=1S/C21H23ClN2O5S/c22-17-7-9-18(10-8-17)23-20(25)15-29-21(26)16-5-11-19(12-6-16)30(27,28)24-13-3-1-2-4-14-24/h5-12H,1-4,13-15H2,(H,23,25). The van der Waals surface area contributed by atoms with Gasteiger partial charge >= 0.3 is 5.97 Å². The van der Waals surface area contributed by atoms with E-state index in [1.54, 1.807) is 24.3 Å². The summed E-state index contributed by atoms with van der Waals surface area (Å²) in [5.74, 6) is -1.20. The van der Waals surface area contributed by atoms with E-state index in [2.05, 4.69) is 5.32 Å². The number of esters is 1. The van der Waals surface area contributed by atoms with Crippen molar-refractivity contribution >= 4 is 39.2 Å². The maximum atomic E-state index is 12.8. The van der Waals surface area contributed by atoms with Gasteiger partial charge in [0.1, 0.15) is 0 Å². The Morgan fingerprint density at radius 3 is 2.13 bits per heavy atom. The lowest BCUT2D eigenvalue weighted by Gasteiger charge is -2.19. The molecule has 7 nitrogen and oxygen atoms in total. The molecule has 0 radical (unpaired) electrons. The number of nitrogens with one attached hydrogen (secondary N) is 1. The lowest BCUT2D eigenvalue weighted by Crippen LogP contribution is -2.31. The second-order valence-electron chi connectivity index (χ2n) is 6.97. The molecule has 0 spiro atoms. The van der Waals surface area contributed by atoms with Crippen molar-refractivity contribution < 1.29 is 22.7 Å². The third kappa shape index (κ3) is 5.81. The highest BCUT2D eigenvalue weighted by Crippen LogP contribution is 2.21. The normalized spacial score (nSPS) is 15.2. The molecule has 0 aromatic heterocycles. The fourth-order valence-corrected chi connectivity index (χ4v) is 4.78. The number of ether oxygens (including phenoxy) is 1. The average Bonchev–Trinajstić information content (AvgIpc) is 3.04. The van der Waals surface area contributed by atoms with Gasteiger partial charge in [0.25, 0.3) is 5.91 Å². The zero-order valence-electron chi connectivity index (χ0n) is 16.3. The van der Waals surface area contributed by atoms with Crippen molar-refractivity contribution in [1.29, 1.82) is 0 Å². The molecule has 1 amide bonds. The summed E-state index contributed by atoms with van der Waals surface area (Å²) in [5.41, 5.74) is 0.702. The van der Waals surface area contributed by atoms with Crippen LogP contribution in [0.4, 0.5) is 5.69 Å². The highest BCUT2D eigenvalue weighted by atomic mass is 35.5. The second kappa shape index (κ2) is 10.1. The number of anilines is 1. The van der Waals surface area contributed by atoms with Crippen LogP contribution in [0.15, 0.2) is 53.4 Å². The first-order chi connectivity index (χ1) is 14.4. The van der Waals surface area contributed by atoms with Crippen LogP contribution in [0, 0.1) is 0 Å². The lowest BCUT2D eigenvalue weighted by molar-refractivity contribution is -0.119. The van der Waals surface area contributed by atoms with Crippen molar-refractivity contribution in [3.63, 3.8) is 0 Å². The van der Waals surface area contributed by atoms with Crippen molar-refractivity contribution in [3.8, 4) is 0 Å². The molecule has 1 heterocycles. The van der Waals surface area contributed by atoms with Gasteiger partial charge in [-0.2, -0.15) is 4.31 Å². The van der Waals surface area contributed by atoms with E-state index in [1.807, 2.05) is 0 Å². The van der Waals surface area contributed by atoms with Crippen LogP contribution in [-0.2, 0) is 19.6 Å². The molecule has 1 saturated heterocycles. The zero-order chi connectivity index (χ0) is 21.6. The van der Waals surface area contributed by atoms with Gasteiger partial charge in [0.2, 0.25) is 10.0 Å². The molecular formula is C21H23ClN2O5S. The van der Waals surface area contributed by atoms with E-state index in [0.29, 0.717) is 23.8 Å². The van der Waals surface area contributed by atoms with Crippen molar-refractivity contribution in [3.05, 3.63) is 59.1 Å². The topological polar surface area (TPSA) is 92.8 Å². The average molecular weight is 451 g/mol. The number of sulfonamides is 1. The molecule has 1 aliphatic rings. The Hall–Kier alpha value is -2.42. The first-order valence-electron chi connectivity index (χ1n) is 9.69. The van der Waals surface area contributed by atoms with Gasteiger partial charge in [-0.15, -0.1) is 0 Å². The molecular weight excluding hydrogens is 428 g/mol. The van der Waals surface area contributed by atoms with Gasteiger partial charge in [-0.25, -0.2) is 13.2 Å². The third-order valence-corrected chi connectivity index (χ3v) is 6.92. The van der Waals surface area contributed by atoms with Crippen LogP contribution in [0.1, 0.15) is 36.0 Å². The van der Waals surface area contributed by atoms with Crippen LogP contribution < -0.4 is 5.32 Å². The third-order valence-electron chi connectivity index (χ3n) is 4.76. The summed E-state index contributed by atoms with van der Waals surface area (Å²) in [5, 5.41) is 3.13. The van der Waals surface area contributed by atoms with Gasteiger partial charge in [-0.05, 0) is 61.4 Å². The Morgan fingerprint density at radius 2 is 1.53 bits per heavy atom. The number of benzene rings is 2. The molecule has 3 rings (SSSR count). The fourth-order valence-electron chi connectivity index (χ4n) is 3.14. The fraction of sp³-hybridized carbons (Fsp3) is 0.333.